The minimum atomic E-state index is -0.708. The Morgan fingerprint density at radius 1 is 1.29 bits per heavy atom. The Kier molecular flexibility index (Phi) is 4.57. The van der Waals surface area contributed by atoms with Crippen LogP contribution in [0.1, 0.15) is 12.0 Å². The summed E-state index contributed by atoms with van der Waals surface area (Å²) in [5.41, 5.74) is 8.49. The third-order valence-corrected chi connectivity index (χ3v) is 4.48. The van der Waals surface area contributed by atoms with Crippen molar-refractivity contribution in [1.82, 2.24) is 4.98 Å². The molecule has 3 rings (SSSR count). The van der Waals surface area contributed by atoms with E-state index in [1.54, 1.807) is 43.6 Å². The van der Waals surface area contributed by atoms with Gasteiger partial charge in [-0.2, -0.15) is 0 Å². The van der Waals surface area contributed by atoms with Gasteiger partial charge in [-0.15, -0.1) is 0 Å². The summed E-state index contributed by atoms with van der Waals surface area (Å²) >= 11 is 3.58. The molecule has 0 spiro atoms. The molecule has 4 nitrogen and oxygen atoms in total. The van der Waals surface area contributed by atoms with E-state index in [9.17, 15) is 4.39 Å². The number of rotatable bonds is 4. The van der Waals surface area contributed by atoms with E-state index in [1.165, 1.54) is 0 Å². The van der Waals surface area contributed by atoms with E-state index in [0.29, 0.717) is 17.1 Å². The SMILES string of the molecule is COc1cc(NC2(Br)C=CC(c3ccc(N)cc3)=C(F)C2)ccn1. The second kappa shape index (κ2) is 6.65. The number of nitrogen functional groups attached to an aromatic ring is 1. The first-order chi connectivity index (χ1) is 11.5. The number of pyridine rings is 1. The molecule has 1 atom stereocenters. The van der Waals surface area contributed by atoms with Crippen LogP contribution in [0.25, 0.3) is 5.57 Å². The molecule has 0 fully saturated rings. The maximum absolute atomic E-state index is 14.7. The van der Waals surface area contributed by atoms with Crippen molar-refractivity contribution < 1.29 is 9.13 Å². The van der Waals surface area contributed by atoms with Crippen LogP contribution in [0.3, 0.4) is 0 Å². The second-order valence-corrected chi connectivity index (χ2v) is 6.94. The monoisotopic (exact) mass is 389 g/mol. The normalized spacial score (nSPS) is 20.1. The molecule has 0 saturated heterocycles. The van der Waals surface area contributed by atoms with E-state index in [1.807, 2.05) is 18.2 Å². The minimum Gasteiger partial charge on any atom is -0.481 e. The summed E-state index contributed by atoms with van der Waals surface area (Å²) in [4.78, 5) is 4.06. The molecule has 1 heterocycles. The topological polar surface area (TPSA) is 60.2 Å². The van der Waals surface area contributed by atoms with Crippen LogP contribution in [-0.4, -0.2) is 16.5 Å². The summed E-state index contributed by atoms with van der Waals surface area (Å²) in [5, 5.41) is 3.26. The van der Waals surface area contributed by atoms with Crippen molar-refractivity contribution in [3.8, 4) is 5.88 Å². The van der Waals surface area contributed by atoms with Gasteiger partial charge in [-0.1, -0.05) is 34.1 Å². The molecule has 124 valence electrons. The van der Waals surface area contributed by atoms with Gasteiger partial charge in [-0.05, 0) is 29.8 Å². The Labute approximate surface area is 148 Å². The molecular weight excluding hydrogens is 373 g/mol. The number of benzene rings is 1. The molecular formula is C18H17BrFN3O. The smallest absolute Gasteiger partial charge is 0.214 e. The van der Waals surface area contributed by atoms with Gasteiger partial charge >= 0.3 is 0 Å². The van der Waals surface area contributed by atoms with E-state index < -0.39 is 4.45 Å². The molecule has 6 heteroatoms. The highest BCUT2D eigenvalue weighted by atomic mass is 79.9. The number of aromatic nitrogens is 1. The van der Waals surface area contributed by atoms with Crippen LogP contribution in [-0.2, 0) is 0 Å². The number of halogens is 2. The predicted molar refractivity (Wildman–Crippen MR) is 98.7 cm³/mol. The van der Waals surface area contributed by atoms with Crippen molar-refractivity contribution in [2.24, 2.45) is 0 Å². The average molecular weight is 390 g/mol. The van der Waals surface area contributed by atoms with E-state index in [2.05, 4.69) is 26.2 Å². The Bertz CT molecular complexity index is 804. The molecule has 2 aromatic rings. The first kappa shape index (κ1) is 16.5. The number of nitrogens with zero attached hydrogens (tertiary/aromatic N) is 1. The molecule has 24 heavy (non-hydrogen) atoms. The summed E-state index contributed by atoms with van der Waals surface area (Å²) in [6, 6.07) is 10.7. The van der Waals surface area contributed by atoms with E-state index >= 15 is 0 Å². The molecule has 3 N–H and O–H groups in total. The van der Waals surface area contributed by atoms with Crippen LogP contribution in [0.5, 0.6) is 5.88 Å². The first-order valence-corrected chi connectivity index (χ1v) is 8.19. The van der Waals surface area contributed by atoms with Crippen molar-refractivity contribution in [2.75, 3.05) is 18.2 Å². The molecule has 1 aromatic heterocycles. The van der Waals surface area contributed by atoms with Gasteiger partial charge < -0.3 is 15.8 Å². The summed E-state index contributed by atoms with van der Waals surface area (Å²) in [6.07, 6.45) is 5.48. The lowest BCUT2D eigenvalue weighted by Gasteiger charge is -2.29. The lowest BCUT2D eigenvalue weighted by Crippen LogP contribution is -2.30. The largest absolute Gasteiger partial charge is 0.481 e. The number of anilines is 2. The highest BCUT2D eigenvalue weighted by molar-refractivity contribution is 9.10. The van der Waals surface area contributed by atoms with Crippen LogP contribution in [0.4, 0.5) is 15.8 Å². The Hall–Kier alpha value is -2.34. The third-order valence-electron chi connectivity index (χ3n) is 3.74. The number of ether oxygens (including phenoxy) is 1. The van der Waals surface area contributed by atoms with Gasteiger partial charge in [0.25, 0.3) is 0 Å². The maximum Gasteiger partial charge on any atom is 0.214 e. The van der Waals surface area contributed by atoms with Gasteiger partial charge in [0.2, 0.25) is 5.88 Å². The van der Waals surface area contributed by atoms with Gasteiger partial charge in [0.15, 0.2) is 0 Å². The molecule has 0 radical (unpaired) electrons. The zero-order valence-electron chi connectivity index (χ0n) is 13.1. The fourth-order valence-corrected chi connectivity index (χ4v) is 3.13. The fraction of sp³-hybridized carbons (Fsp3) is 0.167. The van der Waals surface area contributed by atoms with Gasteiger partial charge in [-0.25, -0.2) is 9.37 Å². The zero-order chi connectivity index (χ0) is 17.2. The number of allylic oxidation sites excluding steroid dienone is 2. The van der Waals surface area contributed by atoms with Crippen LogP contribution >= 0.6 is 15.9 Å². The molecule has 1 aliphatic rings. The standard InChI is InChI=1S/C18H17BrFN3O/c1-24-17-10-14(7-9-22-17)23-18(19)8-6-15(16(20)11-18)12-2-4-13(21)5-3-12/h2-10H,11,21H2,1H3,(H,22,23). The van der Waals surface area contributed by atoms with Crippen LogP contribution < -0.4 is 15.8 Å². The lowest BCUT2D eigenvalue weighted by atomic mass is 9.95. The van der Waals surface area contributed by atoms with Crippen molar-refractivity contribution in [3.05, 3.63) is 66.1 Å². The molecule has 0 aliphatic heterocycles. The fourth-order valence-electron chi connectivity index (χ4n) is 2.53. The summed E-state index contributed by atoms with van der Waals surface area (Å²) < 4.78 is 19.1. The number of methoxy groups -OCH3 is 1. The Morgan fingerprint density at radius 3 is 2.71 bits per heavy atom. The van der Waals surface area contributed by atoms with Crippen molar-refractivity contribution in [1.29, 1.82) is 0 Å². The summed E-state index contributed by atoms with van der Waals surface area (Å²) in [6.45, 7) is 0. The van der Waals surface area contributed by atoms with Crippen LogP contribution in [0.2, 0.25) is 0 Å². The summed E-state index contributed by atoms with van der Waals surface area (Å²) in [7, 11) is 1.55. The summed E-state index contributed by atoms with van der Waals surface area (Å²) in [5.74, 6) is 0.294. The van der Waals surface area contributed by atoms with Gasteiger partial charge in [0.1, 0.15) is 10.3 Å². The predicted octanol–water partition coefficient (Wildman–Crippen LogP) is 4.52. The van der Waals surface area contributed by atoms with Gasteiger partial charge in [0, 0.05) is 35.6 Å². The van der Waals surface area contributed by atoms with E-state index in [4.69, 9.17) is 10.5 Å². The molecule has 0 saturated carbocycles. The van der Waals surface area contributed by atoms with E-state index in [-0.39, 0.29) is 12.2 Å². The average Bonchev–Trinajstić information content (AvgIpc) is 2.56. The van der Waals surface area contributed by atoms with Crippen LogP contribution in [0.15, 0.2) is 60.6 Å². The highest BCUT2D eigenvalue weighted by Crippen LogP contribution is 2.39. The van der Waals surface area contributed by atoms with Crippen molar-refractivity contribution >= 4 is 32.9 Å². The van der Waals surface area contributed by atoms with Gasteiger partial charge in [-0.3, -0.25) is 0 Å². The molecule has 1 aliphatic carbocycles. The Balaban J connectivity index is 1.81. The zero-order valence-corrected chi connectivity index (χ0v) is 14.7. The van der Waals surface area contributed by atoms with Crippen molar-refractivity contribution in [3.63, 3.8) is 0 Å². The quantitative estimate of drug-likeness (QED) is 0.458. The first-order valence-electron chi connectivity index (χ1n) is 7.40. The van der Waals surface area contributed by atoms with E-state index in [0.717, 1.165) is 11.3 Å². The lowest BCUT2D eigenvalue weighted by molar-refractivity contribution is 0.398. The highest BCUT2D eigenvalue weighted by Gasteiger charge is 2.30. The minimum absolute atomic E-state index is 0.174. The second-order valence-electron chi connectivity index (χ2n) is 5.53. The van der Waals surface area contributed by atoms with Gasteiger partial charge in [0.05, 0.1) is 7.11 Å². The maximum atomic E-state index is 14.7. The number of hydrogen-bond donors (Lipinski definition) is 2. The number of alkyl halides is 1. The van der Waals surface area contributed by atoms with Crippen molar-refractivity contribution in [2.45, 2.75) is 10.9 Å². The molecule has 0 amide bonds. The third kappa shape index (κ3) is 3.59. The number of hydrogen-bond acceptors (Lipinski definition) is 4. The number of nitrogens with two attached hydrogens (primary N) is 1. The van der Waals surface area contributed by atoms with Crippen LogP contribution in [0, 0.1) is 0 Å². The molecule has 1 aromatic carbocycles. The number of nitrogens with one attached hydrogen (secondary N) is 1. The molecule has 0 bridgehead atoms. The Morgan fingerprint density at radius 2 is 2.04 bits per heavy atom. The molecule has 1 unspecified atom stereocenters.